The van der Waals surface area contributed by atoms with E-state index in [1.807, 2.05) is 11.0 Å². The van der Waals surface area contributed by atoms with Crippen LogP contribution in [0, 0.1) is 0 Å². The third-order valence-corrected chi connectivity index (χ3v) is 6.55. The molecular weight excluding hydrogens is 485 g/mol. The fourth-order valence-electron chi connectivity index (χ4n) is 3.63. The van der Waals surface area contributed by atoms with E-state index in [2.05, 4.69) is 4.99 Å². The molecule has 2 aliphatic rings. The van der Waals surface area contributed by atoms with Crippen LogP contribution in [0.4, 0.5) is 5.69 Å². The third-order valence-electron chi connectivity index (χ3n) is 5.50. The van der Waals surface area contributed by atoms with Gasteiger partial charge in [0, 0.05) is 30.4 Å². The van der Waals surface area contributed by atoms with Crippen molar-refractivity contribution in [1.29, 1.82) is 0 Å². The Balaban J connectivity index is 1.62. The first-order valence-electron chi connectivity index (χ1n) is 10.4. The summed E-state index contributed by atoms with van der Waals surface area (Å²) in [5.41, 5.74) is 1.57. The Kier molecular flexibility index (Phi) is 6.88. The van der Waals surface area contributed by atoms with Crippen molar-refractivity contribution in [2.45, 2.75) is 32.4 Å². The largest absolute Gasteiger partial charge is 0.343 e. The summed E-state index contributed by atoms with van der Waals surface area (Å²) in [6.45, 7) is 2.62. The zero-order valence-electron chi connectivity index (χ0n) is 17.7. The molecule has 2 aromatic rings. The number of Topliss-reactive ketones (excluding diaryl/α,β-unsaturated/α-hetero) is 2. The molecule has 1 atom stereocenters. The highest BCUT2D eigenvalue weighted by Gasteiger charge is 2.40. The number of carbonyl (C=O) groups excluding carboxylic acids is 3. The number of ketones is 2. The van der Waals surface area contributed by atoms with Gasteiger partial charge in [-0.25, -0.2) is 4.99 Å². The van der Waals surface area contributed by atoms with Crippen LogP contribution >= 0.6 is 34.8 Å². The minimum Gasteiger partial charge on any atom is -0.343 e. The van der Waals surface area contributed by atoms with Crippen molar-refractivity contribution in [3.05, 3.63) is 74.9 Å². The molecule has 1 fully saturated rings. The van der Waals surface area contributed by atoms with Gasteiger partial charge in [0.05, 0.1) is 34.1 Å². The molecule has 170 valence electrons. The molecule has 0 aliphatic carbocycles. The smallest absolute Gasteiger partial charge is 0.235 e. The van der Waals surface area contributed by atoms with E-state index in [4.69, 9.17) is 34.8 Å². The van der Waals surface area contributed by atoms with Crippen LogP contribution < -0.4 is 4.90 Å². The quantitative estimate of drug-likeness (QED) is 0.276. The molecule has 0 spiro atoms. The van der Waals surface area contributed by atoms with Crippen LogP contribution in [0.1, 0.15) is 35.7 Å². The number of anilines is 1. The minimum atomic E-state index is -0.424. The van der Waals surface area contributed by atoms with Crippen LogP contribution in [-0.2, 0) is 16.1 Å². The number of nitrogens with zero attached hydrogens (tertiary/aromatic N) is 3. The van der Waals surface area contributed by atoms with Gasteiger partial charge in [0.25, 0.3) is 0 Å². The van der Waals surface area contributed by atoms with Crippen molar-refractivity contribution >= 4 is 63.8 Å². The minimum absolute atomic E-state index is 0.0968. The van der Waals surface area contributed by atoms with Gasteiger partial charge in [-0.15, -0.1) is 0 Å². The molecular formula is C24H20Cl3N3O3. The van der Waals surface area contributed by atoms with Crippen molar-refractivity contribution in [3.8, 4) is 0 Å². The second-order valence-electron chi connectivity index (χ2n) is 7.78. The lowest BCUT2D eigenvalue weighted by atomic mass is 10.1. The molecule has 2 aromatic carbocycles. The Morgan fingerprint density at radius 3 is 2.52 bits per heavy atom. The number of hydrogen-bond donors (Lipinski definition) is 0. The molecule has 6 nitrogen and oxygen atoms in total. The topological polar surface area (TPSA) is 69.8 Å². The van der Waals surface area contributed by atoms with Crippen LogP contribution in [0.3, 0.4) is 0 Å². The summed E-state index contributed by atoms with van der Waals surface area (Å²) >= 11 is 18.5. The zero-order chi connectivity index (χ0) is 23.7. The van der Waals surface area contributed by atoms with E-state index >= 15 is 0 Å². The number of rotatable bonds is 8. The van der Waals surface area contributed by atoms with E-state index in [0.29, 0.717) is 33.6 Å². The summed E-state index contributed by atoms with van der Waals surface area (Å²) in [5, 5.41) is 0.997. The Labute approximate surface area is 206 Å². The monoisotopic (exact) mass is 503 g/mol. The SMILES string of the molecule is CCC(=O)c1ccc(N(Cc2ccc(Cl)c(Cl)c2)C(=O)CC(=O)C2=NC=CC3CN23)cc1Cl. The van der Waals surface area contributed by atoms with Crippen LogP contribution in [0.5, 0.6) is 0 Å². The van der Waals surface area contributed by atoms with E-state index in [1.54, 1.807) is 49.5 Å². The Bertz CT molecular complexity index is 1210. The summed E-state index contributed by atoms with van der Waals surface area (Å²) in [6, 6.07) is 10.1. The zero-order valence-corrected chi connectivity index (χ0v) is 20.0. The van der Waals surface area contributed by atoms with Crippen LogP contribution in [-0.4, -0.2) is 40.8 Å². The van der Waals surface area contributed by atoms with Crippen molar-refractivity contribution in [2.24, 2.45) is 4.99 Å². The van der Waals surface area contributed by atoms with Gasteiger partial charge < -0.3 is 9.80 Å². The first kappa shape index (κ1) is 23.5. The predicted octanol–water partition coefficient (Wildman–Crippen LogP) is 5.34. The standard InChI is InChI=1S/C24H20Cl3N3O3/c1-2-21(31)17-5-4-15(10-19(17)26)29(12-14-3-6-18(25)20(27)9-14)23(33)11-22(32)24-28-8-7-16-13-30(16)24/h3-10,16H,2,11-13H2,1H3. The maximum atomic E-state index is 13.3. The van der Waals surface area contributed by atoms with E-state index in [-0.39, 0.29) is 35.6 Å². The molecule has 0 radical (unpaired) electrons. The van der Waals surface area contributed by atoms with Gasteiger partial charge in [-0.2, -0.15) is 0 Å². The second kappa shape index (κ2) is 9.67. The van der Waals surface area contributed by atoms with Gasteiger partial charge in [-0.05, 0) is 42.0 Å². The number of hydrogen-bond acceptors (Lipinski definition) is 5. The highest BCUT2D eigenvalue weighted by atomic mass is 35.5. The summed E-state index contributed by atoms with van der Waals surface area (Å²) in [4.78, 5) is 45.7. The molecule has 0 saturated carbocycles. The summed E-state index contributed by atoms with van der Waals surface area (Å²) in [6.07, 6.45) is 3.47. The van der Waals surface area contributed by atoms with E-state index in [1.165, 1.54) is 4.90 Å². The number of aliphatic imine (C=N–C) groups is 1. The maximum absolute atomic E-state index is 13.3. The average molecular weight is 505 g/mol. The van der Waals surface area contributed by atoms with E-state index < -0.39 is 5.91 Å². The van der Waals surface area contributed by atoms with Gasteiger partial charge in [0.2, 0.25) is 11.7 Å². The third kappa shape index (κ3) is 5.13. The van der Waals surface area contributed by atoms with Crippen molar-refractivity contribution < 1.29 is 14.4 Å². The number of amidine groups is 1. The molecule has 2 aliphatic heterocycles. The number of carbonyl (C=O) groups is 3. The molecule has 0 bridgehead atoms. The molecule has 0 aromatic heterocycles. The first-order chi connectivity index (χ1) is 15.8. The first-order valence-corrected chi connectivity index (χ1v) is 11.5. The molecule has 4 rings (SSSR count). The highest BCUT2D eigenvalue weighted by Crippen LogP contribution is 2.29. The molecule has 33 heavy (non-hydrogen) atoms. The van der Waals surface area contributed by atoms with E-state index in [9.17, 15) is 14.4 Å². The van der Waals surface area contributed by atoms with Gasteiger partial charge in [-0.1, -0.05) is 47.8 Å². The second-order valence-corrected chi connectivity index (χ2v) is 9.00. The lowest BCUT2D eigenvalue weighted by molar-refractivity contribution is -0.124. The number of benzene rings is 2. The fraction of sp³-hybridized carbons (Fsp3) is 0.250. The van der Waals surface area contributed by atoms with Crippen molar-refractivity contribution in [1.82, 2.24) is 4.90 Å². The number of fused-ring (bicyclic) bond motifs is 1. The van der Waals surface area contributed by atoms with Crippen LogP contribution in [0.15, 0.2) is 53.7 Å². The van der Waals surface area contributed by atoms with Gasteiger partial charge >= 0.3 is 0 Å². The summed E-state index contributed by atoms with van der Waals surface area (Å²) < 4.78 is 0. The lowest BCUT2D eigenvalue weighted by Gasteiger charge is -2.24. The van der Waals surface area contributed by atoms with Crippen LogP contribution in [0.25, 0.3) is 0 Å². The Morgan fingerprint density at radius 2 is 1.82 bits per heavy atom. The summed E-state index contributed by atoms with van der Waals surface area (Å²) in [5.74, 6) is -0.574. The molecule has 1 amide bonds. The number of halogens is 3. The van der Waals surface area contributed by atoms with Crippen molar-refractivity contribution in [3.63, 3.8) is 0 Å². The molecule has 0 N–H and O–H groups in total. The van der Waals surface area contributed by atoms with Gasteiger partial charge in [0.1, 0.15) is 0 Å². The molecule has 9 heteroatoms. The van der Waals surface area contributed by atoms with Crippen molar-refractivity contribution in [2.75, 3.05) is 11.4 Å². The Morgan fingerprint density at radius 1 is 1.03 bits per heavy atom. The maximum Gasteiger partial charge on any atom is 0.235 e. The van der Waals surface area contributed by atoms with Crippen LogP contribution in [0.2, 0.25) is 15.1 Å². The molecule has 1 saturated heterocycles. The predicted molar refractivity (Wildman–Crippen MR) is 130 cm³/mol. The number of amides is 1. The normalized spacial score (nSPS) is 16.2. The molecule has 1 unspecified atom stereocenters. The lowest BCUT2D eigenvalue weighted by Crippen LogP contribution is -2.35. The highest BCUT2D eigenvalue weighted by molar-refractivity contribution is 6.43. The molecule has 2 heterocycles. The van der Waals surface area contributed by atoms with Gasteiger partial charge in [0.15, 0.2) is 11.6 Å². The van der Waals surface area contributed by atoms with Gasteiger partial charge in [-0.3, -0.25) is 14.4 Å². The average Bonchev–Trinajstić information content (AvgIpc) is 3.59. The summed E-state index contributed by atoms with van der Waals surface area (Å²) in [7, 11) is 0. The Hall–Kier alpha value is -2.67. The van der Waals surface area contributed by atoms with E-state index in [0.717, 1.165) is 12.1 Å². The fourth-order valence-corrected chi connectivity index (χ4v) is 4.23.